The van der Waals surface area contributed by atoms with Gasteiger partial charge in [0.15, 0.2) is 6.23 Å². The van der Waals surface area contributed by atoms with Crippen LogP contribution < -0.4 is 15.4 Å². The third-order valence-electron chi connectivity index (χ3n) is 5.54. The van der Waals surface area contributed by atoms with Crippen LogP contribution in [0.1, 0.15) is 17.4 Å². The largest absolute Gasteiger partial charge is 0.471 e. The molecule has 1 atom stereocenters. The number of anilines is 1. The van der Waals surface area contributed by atoms with Gasteiger partial charge in [-0.25, -0.2) is 4.98 Å². The van der Waals surface area contributed by atoms with Crippen molar-refractivity contribution in [3.8, 4) is 23.1 Å². The topological polar surface area (TPSA) is 126 Å². The van der Waals surface area contributed by atoms with Crippen molar-refractivity contribution in [2.75, 3.05) is 31.2 Å². The van der Waals surface area contributed by atoms with Crippen molar-refractivity contribution in [1.29, 1.82) is 5.26 Å². The highest BCUT2D eigenvalue weighted by molar-refractivity contribution is 6.35. The second kappa shape index (κ2) is 9.44. The van der Waals surface area contributed by atoms with E-state index in [1.165, 1.54) is 12.4 Å². The van der Waals surface area contributed by atoms with E-state index in [0.29, 0.717) is 70.3 Å². The third kappa shape index (κ3) is 4.24. The summed E-state index contributed by atoms with van der Waals surface area (Å²) in [6.45, 7) is 2.61. The Hall–Kier alpha value is -3.42. The van der Waals surface area contributed by atoms with Crippen molar-refractivity contribution in [2.24, 2.45) is 5.73 Å². The number of hydrogen-bond acceptors (Lipinski definition) is 8. The van der Waals surface area contributed by atoms with Gasteiger partial charge >= 0.3 is 0 Å². The number of aromatic amines is 1. The van der Waals surface area contributed by atoms with Crippen LogP contribution in [0.2, 0.25) is 10.0 Å². The lowest BCUT2D eigenvalue weighted by Gasteiger charge is -2.28. The number of ether oxygens (including phenoxy) is 2. The van der Waals surface area contributed by atoms with Crippen molar-refractivity contribution < 1.29 is 9.47 Å². The number of benzene rings is 1. The van der Waals surface area contributed by atoms with Crippen LogP contribution in [-0.2, 0) is 4.74 Å². The Kier molecular flexibility index (Phi) is 6.22. The molecule has 1 fully saturated rings. The van der Waals surface area contributed by atoms with Crippen LogP contribution in [0, 0.1) is 11.3 Å². The second-order valence-corrected chi connectivity index (χ2v) is 8.46. The predicted molar refractivity (Wildman–Crippen MR) is 129 cm³/mol. The molecule has 5 rings (SSSR count). The normalized spacial score (nSPS) is 14.7. The van der Waals surface area contributed by atoms with Gasteiger partial charge in [0.25, 0.3) is 0 Å². The number of aromatic nitrogens is 4. The minimum atomic E-state index is -0.893. The molecule has 34 heavy (non-hydrogen) atoms. The van der Waals surface area contributed by atoms with Crippen molar-refractivity contribution in [3.05, 3.63) is 64.0 Å². The summed E-state index contributed by atoms with van der Waals surface area (Å²) in [6, 6.07) is 9.48. The molecule has 3 N–H and O–H groups in total. The zero-order valence-electron chi connectivity index (χ0n) is 17.8. The molecule has 172 valence electrons. The zero-order chi connectivity index (χ0) is 23.7. The number of halogens is 2. The summed E-state index contributed by atoms with van der Waals surface area (Å²) in [5.74, 6) is 1.15. The minimum Gasteiger partial charge on any atom is -0.471 e. The van der Waals surface area contributed by atoms with Gasteiger partial charge < -0.3 is 14.4 Å². The molecule has 4 aromatic rings. The Labute approximate surface area is 205 Å². The molecule has 0 unspecified atom stereocenters. The fourth-order valence-electron chi connectivity index (χ4n) is 3.88. The van der Waals surface area contributed by atoms with Gasteiger partial charge in [0.05, 0.1) is 34.3 Å². The van der Waals surface area contributed by atoms with Crippen LogP contribution >= 0.6 is 23.2 Å². The average Bonchev–Trinajstić information content (AvgIpc) is 3.27. The average molecular weight is 496 g/mol. The molecule has 1 aromatic carbocycles. The van der Waals surface area contributed by atoms with Crippen LogP contribution in [0.3, 0.4) is 0 Å². The van der Waals surface area contributed by atoms with Gasteiger partial charge in [-0.2, -0.15) is 10.4 Å². The highest BCUT2D eigenvalue weighted by Gasteiger charge is 2.20. The van der Waals surface area contributed by atoms with Gasteiger partial charge in [-0.3, -0.25) is 15.8 Å². The first-order valence-electron chi connectivity index (χ1n) is 10.5. The molecule has 1 aliphatic heterocycles. The number of pyridine rings is 2. The van der Waals surface area contributed by atoms with E-state index >= 15 is 0 Å². The number of rotatable bonds is 5. The highest BCUT2D eigenvalue weighted by atomic mass is 35.5. The molecular weight excluding hydrogens is 477 g/mol. The Morgan fingerprint density at radius 1 is 1.15 bits per heavy atom. The van der Waals surface area contributed by atoms with Gasteiger partial charge in [-0.1, -0.05) is 23.2 Å². The van der Waals surface area contributed by atoms with Crippen LogP contribution in [0.5, 0.6) is 5.75 Å². The second-order valence-electron chi connectivity index (χ2n) is 7.64. The van der Waals surface area contributed by atoms with Crippen LogP contribution in [0.15, 0.2) is 42.9 Å². The molecule has 4 heterocycles. The minimum absolute atomic E-state index is 0.320. The number of nitrogens with two attached hydrogens (primary N) is 1. The van der Waals surface area contributed by atoms with Gasteiger partial charge in [0.1, 0.15) is 23.3 Å². The summed E-state index contributed by atoms with van der Waals surface area (Å²) in [6.07, 6.45) is 3.75. The van der Waals surface area contributed by atoms with E-state index in [2.05, 4.69) is 31.1 Å². The van der Waals surface area contributed by atoms with E-state index in [9.17, 15) is 5.26 Å². The monoisotopic (exact) mass is 495 g/mol. The first-order chi connectivity index (χ1) is 16.5. The number of morpholine rings is 1. The maximum absolute atomic E-state index is 9.74. The number of H-pyrrole nitrogens is 1. The lowest BCUT2D eigenvalue weighted by Crippen LogP contribution is -2.37. The lowest BCUT2D eigenvalue weighted by atomic mass is 10.1. The van der Waals surface area contributed by atoms with Crippen molar-refractivity contribution in [2.45, 2.75) is 6.23 Å². The van der Waals surface area contributed by atoms with Crippen molar-refractivity contribution >= 4 is 39.9 Å². The summed E-state index contributed by atoms with van der Waals surface area (Å²) < 4.78 is 11.3. The number of hydrogen-bond donors (Lipinski definition) is 2. The molecule has 0 aliphatic carbocycles. The van der Waals surface area contributed by atoms with E-state index in [4.69, 9.17) is 38.4 Å². The molecule has 0 amide bonds. The van der Waals surface area contributed by atoms with E-state index in [-0.39, 0.29) is 0 Å². The fraction of sp³-hybridized carbons (Fsp3) is 0.217. The molecule has 0 radical (unpaired) electrons. The van der Waals surface area contributed by atoms with E-state index in [0.717, 1.165) is 10.9 Å². The van der Waals surface area contributed by atoms with E-state index in [1.54, 1.807) is 18.3 Å². The molecule has 1 aliphatic rings. The Bertz CT molecular complexity index is 1380. The molecule has 1 saturated heterocycles. The molecule has 9 nitrogen and oxygen atoms in total. The maximum atomic E-state index is 9.74. The molecule has 0 spiro atoms. The van der Waals surface area contributed by atoms with Crippen molar-refractivity contribution in [3.63, 3.8) is 0 Å². The summed E-state index contributed by atoms with van der Waals surface area (Å²) in [4.78, 5) is 10.6. The highest BCUT2D eigenvalue weighted by Crippen LogP contribution is 2.34. The van der Waals surface area contributed by atoms with Gasteiger partial charge in [0, 0.05) is 48.2 Å². The first-order valence-corrected chi connectivity index (χ1v) is 11.2. The number of nitriles is 1. The van der Waals surface area contributed by atoms with Crippen LogP contribution in [-0.4, -0.2) is 46.5 Å². The zero-order valence-corrected chi connectivity index (χ0v) is 19.3. The lowest BCUT2D eigenvalue weighted by molar-refractivity contribution is 0.122. The number of nitrogens with zero attached hydrogens (tertiary/aromatic N) is 5. The molecule has 11 heteroatoms. The van der Waals surface area contributed by atoms with E-state index in [1.807, 2.05) is 12.1 Å². The molecule has 3 aromatic heterocycles. The first kappa shape index (κ1) is 22.4. The van der Waals surface area contributed by atoms with Gasteiger partial charge in [-0.15, -0.1) is 0 Å². The van der Waals surface area contributed by atoms with Gasteiger partial charge in [-0.05, 0) is 24.3 Å². The predicted octanol–water partition coefficient (Wildman–Crippen LogP) is 4.07. The molecular formula is C23H19Cl2N7O2. The van der Waals surface area contributed by atoms with Gasteiger partial charge in [0.2, 0.25) is 0 Å². The van der Waals surface area contributed by atoms with Crippen LogP contribution in [0.25, 0.3) is 22.2 Å². The summed E-state index contributed by atoms with van der Waals surface area (Å²) in [5.41, 5.74) is 9.30. The Balaban J connectivity index is 1.47. The molecule has 0 saturated carbocycles. The summed E-state index contributed by atoms with van der Waals surface area (Å²) in [5, 5.41) is 18.6. The van der Waals surface area contributed by atoms with E-state index < -0.39 is 6.23 Å². The van der Waals surface area contributed by atoms with Crippen molar-refractivity contribution in [1.82, 2.24) is 20.2 Å². The SMILES string of the molecule is N#Cc1cc(-c2n[nH]c3ccc(O[C@H](N)c4c(Cl)cncc4Cl)cc23)cnc1N1CCOCC1. The summed E-state index contributed by atoms with van der Waals surface area (Å²) >= 11 is 12.4. The Morgan fingerprint density at radius 3 is 2.65 bits per heavy atom. The Morgan fingerprint density at radius 2 is 1.91 bits per heavy atom. The maximum Gasteiger partial charge on any atom is 0.177 e. The molecule has 0 bridgehead atoms. The third-order valence-corrected chi connectivity index (χ3v) is 6.15. The smallest absolute Gasteiger partial charge is 0.177 e. The standard InChI is InChI=1S/C23H19Cl2N7O2/c24-17-11-28-12-18(25)20(17)22(27)34-15-1-2-19-16(8-15)21(31-30-19)14-7-13(9-26)23(29-10-14)32-3-5-33-6-4-32/h1-2,7-8,10-12,22H,3-6,27H2,(H,30,31)/t22-/m0/s1. The fourth-order valence-corrected chi connectivity index (χ4v) is 4.46. The number of fused-ring (bicyclic) bond motifs is 1. The quantitative estimate of drug-likeness (QED) is 0.396. The number of nitrogens with one attached hydrogen (secondary N) is 1. The van der Waals surface area contributed by atoms with Crippen LogP contribution in [0.4, 0.5) is 5.82 Å². The summed E-state index contributed by atoms with van der Waals surface area (Å²) in [7, 11) is 0.